The monoisotopic (exact) mass is 382 g/mol. The van der Waals surface area contributed by atoms with Crippen LogP contribution in [0.25, 0.3) is 0 Å². The molecule has 130 valence electrons. The molecule has 2 rings (SSSR count). The van der Waals surface area contributed by atoms with Gasteiger partial charge in [0, 0.05) is 13.1 Å². The summed E-state index contributed by atoms with van der Waals surface area (Å²) < 4.78 is 5.43. The van der Waals surface area contributed by atoms with Crippen LogP contribution in [0.2, 0.25) is 10.0 Å². The molecule has 0 spiro atoms. The molecule has 1 aliphatic heterocycles. The van der Waals surface area contributed by atoms with Gasteiger partial charge in [-0.2, -0.15) is 0 Å². The topological polar surface area (TPSA) is 70.6 Å². The van der Waals surface area contributed by atoms with E-state index < -0.39 is 11.5 Å². The molecule has 1 aromatic carbocycles. The summed E-state index contributed by atoms with van der Waals surface area (Å²) in [5, 5.41) is 16.5. The zero-order valence-corrected chi connectivity index (χ0v) is 15.1. The zero-order chi connectivity index (χ0) is 16.2. The van der Waals surface area contributed by atoms with Gasteiger partial charge in [0.25, 0.3) is 0 Å². The fraction of sp³-hybridized carbons (Fsp3) is 0.533. The zero-order valence-electron chi connectivity index (χ0n) is 12.8. The number of halogens is 3. The van der Waals surface area contributed by atoms with Crippen molar-refractivity contribution >= 4 is 41.5 Å². The number of benzene rings is 1. The number of carbonyl (C=O) groups is 1. The molecule has 0 aromatic heterocycles. The van der Waals surface area contributed by atoms with Crippen LogP contribution >= 0.6 is 35.6 Å². The van der Waals surface area contributed by atoms with Crippen molar-refractivity contribution in [2.24, 2.45) is 5.41 Å². The molecular weight excluding hydrogens is 363 g/mol. The fourth-order valence-electron chi connectivity index (χ4n) is 2.28. The van der Waals surface area contributed by atoms with Gasteiger partial charge in [-0.05, 0) is 32.0 Å². The van der Waals surface area contributed by atoms with Crippen molar-refractivity contribution in [3.8, 4) is 5.75 Å². The van der Waals surface area contributed by atoms with Crippen molar-refractivity contribution in [3.05, 3.63) is 28.2 Å². The van der Waals surface area contributed by atoms with Crippen molar-refractivity contribution in [3.63, 3.8) is 0 Å². The lowest BCUT2D eigenvalue weighted by Crippen LogP contribution is -2.44. The summed E-state index contributed by atoms with van der Waals surface area (Å²) in [6.07, 6.45) is -0.0271. The van der Waals surface area contributed by atoms with Crippen LogP contribution in [0, 0.1) is 5.41 Å². The highest BCUT2D eigenvalue weighted by Gasteiger charge is 2.36. The summed E-state index contributed by atoms with van der Waals surface area (Å²) >= 11 is 11.9. The Morgan fingerprint density at radius 1 is 1.52 bits per heavy atom. The first-order valence-corrected chi connectivity index (χ1v) is 7.92. The van der Waals surface area contributed by atoms with Gasteiger partial charge >= 0.3 is 0 Å². The number of aliphatic hydroxyl groups excluding tert-OH is 1. The minimum absolute atomic E-state index is 0. The van der Waals surface area contributed by atoms with Gasteiger partial charge in [0.1, 0.15) is 23.5 Å². The van der Waals surface area contributed by atoms with E-state index >= 15 is 0 Å². The van der Waals surface area contributed by atoms with Crippen molar-refractivity contribution in [1.29, 1.82) is 0 Å². The molecule has 3 N–H and O–H groups in total. The third-order valence-electron chi connectivity index (χ3n) is 3.76. The second kappa shape index (κ2) is 8.94. The lowest BCUT2D eigenvalue weighted by atomic mass is 9.89. The maximum Gasteiger partial charge on any atom is 0.227 e. The molecule has 0 radical (unpaired) electrons. The average molecular weight is 384 g/mol. The molecule has 8 heteroatoms. The molecule has 1 aromatic rings. The molecule has 1 saturated heterocycles. The number of nitrogens with one attached hydrogen (secondary N) is 2. The highest BCUT2D eigenvalue weighted by Crippen LogP contribution is 2.31. The van der Waals surface area contributed by atoms with Crippen LogP contribution in [0.15, 0.2) is 18.2 Å². The van der Waals surface area contributed by atoms with E-state index in [0.717, 1.165) is 13.0 Å². The summed E-state index contributed by atoms with van der Waals surface area (Å²) in [5.41, 5.74) is -0.406. The number of hydrogen-bond acceptors (Lipinski definition) is 4. The fourth-order valence-corrected chi connectivity index (χ4v) is 2.62. The van der Waals surface area contributed by atoms with Crippen LogP contribution in [0.4, 0.5) is 0 Å². The second-order valence-corrected chi connectivity index (χ2v) is 6.50. The molecular formula is C15H21Cl3N2O3. The van der Waals surface area contributed by atoms with Crippen LogP contribution in [0.1, 0.15) is 13.3 Å². The van der Waals surface area contributed by atoms with Gasteiger partial charge in [0.2, 0.25) is 5.91 Å². The lowest BCUT2D eigenvalue weighted by Gasteiger charge is -2.22. The standard InChI is InChI=1S/C15H20Cl2N2O3.ClH/c1-15(5-6-18-9-15)14(21)19-7-10(20)8-22-12-4-2-3-11(16)13(12)17;/h2-4,10,18,20H,5-9H2,1H3,(H,19,21);1H. The van der Waals surface area contributed by atoms with Gasteiger partial charge in [0.05, 0.1) is 10.4 Å². The Bertz CT molecular complexity index is 537. The molecule has 0 saturated carbocycles. The van der Waals surface area contributed by atoms with Crippen molar-refractivity contribution in [1.82, 2.24) is 10.6 Å². The van der Waals surface area contributed by atoms with Crippen molar-refractivity contribution < 1.29 is 14.6 Å². The number of carbonyl (C=O) groups excluding carboxylic acids is 1. The van der Waals surface area contributed by atoms with Crippen LogP contribution in [0.5, 0.6) is 5.75 Å². The van der Waals surface area contributed by atoms with Crippen LogP contribution in [0.3, 0.4) is 0 Å². The quantitative estimate of drug-likeness (QED) is 0.705. The van der Waals surface area contributed by atoms with E-state index in [1.165, 1.54) is 0 Å². The van der Waals surface area contributed by atoms with Gasteiger partial charge in [-0.1, -0.05) is 29.3 Å². The first-order valence-electron chi connectivity index (χ1n) is 7.16. The van der Waals surface area contributed by atoms with E-state index in [9.17, 15) is 9.90 Å². The van der Waals surface area contributed by atoms with E-state index in [1.54, 1.807) is 18.2 Å². The number of hydrogen-bond donors (Lipinski definition) is 3. The normalized spacial score (nSPS) is 21.4. The summed E-state index contributed by atoms with van der Waals surface area (Å²) in [4.78, 5) is 12.1. The number of rotatable bonds is 6. The molecule has 23 heavy (non-hydrogen) atoms. The predicted octanol–water partition coefficient (Wildman–Crippen LogP) is 2.27. The highest BCUT2D eigenvalue weighted by molar-refractivity contribution is 6.42. The molecule has 2 atom stereocenters. The first-order chi connectivity index (χ1) is 10.4. The maximum absolute atomic E-state index is 12.1. The first kappa shape index (κ1) is 20.3. The van der Waals surface area contributed by atoms with E-state index in [-0.39, 0.29) is 31.5 Å². The molecule has 0 bridgehead atoms. The second-order valence-electron chi connectivity index (χ2n) is 5.71. The number of amides is 1. The van der Waals surface area contributed by atoms with Gasteiger partial charge in [0.15, 0.2) is 0 Å². The van der Waals surface area contributed by atoms with E-state index in [2.05, 4.69) is 10.6 Å². The van der Waals surface area contributed by atoms with Crippen LogP contribution < -0.4 is 15.4 Å². The van der Waals surface area contributed by atoms with Gasteiger partial charge < -0.3 is 20.5 Å². The molecule has 1 aliphatic rings. The molecule has 1 heterocycles. The maximum atomic E-state index is 12.1. The molecule has 5 nitrogen and oxygen atoms in total. The Morgan fingerprint density at radius 3 is 2.91 bits per heavy atom. The minimum Gasteiger partial charge on any atom is -0.489 e. The van der Waals surface area contributed by atoms with Crippen LogP contribution in [-0.4, -0.2) is 43.4 Å². The molecule has 1 amide bonds. The van der Waals surface area contributed by atoms with E-state index in [4.69, 9.17) is 27.9 Å². The molecule has 0 aliphatic carbocycles. The Hall–Kier alpha value is -0.720. The largest absolute Gasteiger partial charge is 0.489 e. The van der Waals surface area contributed by atoms with E-state index in [0.29, 0.717) is 22.3 Å². The van der Waals surface area contributed by atoms with Crippen molar-refractivity contribution in [2.75, 3.05) is 26.2 Å². The SMILES string of the molecule is CC1(C(=O)NCC(O)COc2cccc(Cl)c2Cl)CCNC1.Cl. The minimum atomic E-state index is -0.822. The van der Waals surface area contributed by atoms with Crippen LogP contribution in [-0.2, 0) is 4.79 Å². The summed E-state index contributed by atoms with van der Waals surface area (Å²) in [6.45, 7) is 3.56. The van der Waals surface area contributed by atoms with Gasteiger partial charge in [-0.25, -0.2) is 0 Å². The smallest absolute Gasteiger partial charge is 0.227 e. The van der Waals surface area contributed by atoms with Gasteiger partial charge in [-0.15, -0.1) is 12.4 Å². The predicted molar refractivity (Wildman–Crippen MR) is 93.8 cm³/mol. The lowest BCUT2D eigenvalue weighted by molar-refractivity contribution is -0.129. The number of ether oxygens (including phenoxy) is 1. The number of aliphatic hydroxyl groups is 1. The summed E-state index contributed by atoms with van der Waals surface area (Å²) in [7, 11) is 0. The highest BCUT2D eigenvalue weighted by atomic mass is 35.5. The van der Waals surface area contributed by atoms with E-state index in [1.807, 2.05) is 6.92 Å². The summed E-state index contributed by atoms with van der Waals surface area (Å²) in [5.74, 6) is 0.351. The molecule has 1 fully saturated rings. The van der Waals surface area contributed by atoms with Crippen molar-refractivity contribution in [2.45, 2.75) is 19.4 Å². The Labute approximate surface area is 152 Å². The summed E-state index contributed by atoms with van der Waals surface area (Å²) in [6, 6.07) is 5.04. The Morgan fingerprint density at radius 2 is 2.26 bits per heavy atom. The third kappa shape index (κ3) is 5.40. The van der Waals surface area contributed by atoms with Gasteiger partial charge in [-0.3, -0.25) is 4.79 Å². The third-order valence-corrected chi connectivity index (χ3v) is 4.56. The Balaban J connectivity index is 0.00000264. The average Bonchev–Trinajstić information content (AvgIpc) is 2.94. The Kier molecular flexibility index (Phi) is 7.90. The molecule has 2 unspecified atom stereocenters.